The van der Waals surface area contributed by atoms with E-state index in [0.29, 0.717) is 24.3 Å². The van der Waals surface area contributed by atoms with Gasteiger partial charge in [0.05, 0.1) is 27.9 Å². The summed E-state index contributed by atoms with van der Waals surface area (Å²) in [6.07, 6.45) is 0. The number of sulfonamides is 2. The van der Waals surface area contributed by atoms with Gasteiger partial charge in [0, 0.05) is 26.2 Å². The van der Waals surface area contributed by atoms with Gasteiger partial charge in [0.2, 0.25) is 26.0 Å². The molecule has 32 heavy (non-hydrogen) atoms. The van der Waals surface area contributed by atoms with Crippen LogP contribution in [-0.2, 0) is 24.8 Å². The minimum absolute atomic E-state index is 0.0534. The summed E-state index contributed by atoms with van der Waals surface area (Å²) in [4.78, 5) is 14.2. The second-order valence-electron chi connectivity index (χ2n) is 8.07. The van der Waals surface area contributed by atoms with Crippen LogP contribution in [0.15, 0.2) is 47.4 Å². The number of carbonyl (C=O) groups excluding carboxylic acids is 1. The Morgan fingerprint density at radius 2 is 1.69 bits per heavy atom. The zero-order valence-corrected chi connectivity index (χ0v) is 19.4. The number of hydrogen-bond donors (Lipinski definition) is 0. The van der Waals surface area contributed by atoms with Crippen LogP contribution in [0.1, 0.15) is 12.5 Å². The minimum atomic E-state index is -3.84. The maximum Gasteiger partial charge on any atom is 0.244 e. The zero-order valence-electron chi connectivity index (χ0n) is 17.7. The maximum absolute atomic E-state index is 14.1. The summed E-state index contributed by atoms with van der Waals surface area (Å²) < 4.78 is 67.3. The van der Waals surface area contributed by atoms with Gasteiger partial charge in [-0.1, -0.05) is 19.1 Å². The van der Waals surface area contributed by atoms with E-state index in [1.807, 2.05) is 4.90 Å². The van der Waals surface area contributed by atoms with Crippen LogP contribution in [0.5, 0.6) is 0 Å². The Morgan fingerprint density at radius 3 is 2.25 bits per heavy atom. The van der Waals surface area contributed by atoms with Crippen LogP contribution in [0.3, 0.4) is 0 Å². The summed E-state index contributed by atoms with van der Waals surface area (Å²) in [5, 5.41) is 0. The maximum atomic E-state index is 14.1. The number of rotatable bonds is 4. The van der Waals surface area contributed by atoms with E-state index in [1.165, 1.54) is 28.6 Å². The summed E-state index contributed by atoms with van der Waals surface area (Å²) >= 11 is 0. The lowest BCUT2D eigenvalue weighted by molar-refractivity contribution is -0.119. The molecule has 1 amide bonds. The van der Waals surface area contributed by atoms with Crippen molar-refractivity contribution >= 4 is 37.3 Å². The number of benzene rings is 2. The van der Waals surface area contributed by atoms with Crippen molar-refractivity contribution in [1.29, 1.82) is 0 Å². The van der Waals surface area contributed by atoms with Crippen molar-refractivity contribution in [2.75, 3.05) is 41.1 Å². The Hall–Kier alpha value is -2.50. The fraction of sp³-hybridized carbons (Fsp3) is 0.381. The normalized spacial score (nSPS) is 21.8. The molecule has 2 heterocycles. The fourth-order valence-corrected chi connectivity index (χ4v) is 7.59. The summed E-state index contributed by atoms with van der Waals surface area (Å²) in [5.74, 6) is -1.79. The molecule has 0 radical (unpaired) electrons. The monoisotopic (exact) mass is 481 g/mol. The van der Waals surface area contributed by atoms with E-state index in [9.17, 15) is 26.0 Å². The lowest BCUT2D eigenvalue weighted by Gasteiger charge is -2.35. The number of hydrogen-bond acceptors (Lipinski definition) is 6. The van der Waals surface area contributed by atoms with Gasteiger partial charge < -0.3 is 4.90 Å². The third kappa shape index (κ3) is 3.89. The van der Waals surface area contributed by atoms with Crippen LogP contribution in [0.25, 0.3) is 0 Å². The summed E-state index contributed by atoms with van der Waals surface area (Å²) in [5.41, 5.74) is 0.928. The van der Waals surface area contributed by atoms with Gasteiger partial charge in [-0.15, -0.1) is 0 Å². The first-order chi connectivity index (χ1) is 15.0. The van der Waals surface area contributed by atoms with Gasteiger partial charge in [0.1, 0.15) is 5.82 Å². The van der Waals surface area contributed by atoms with Gasteiger partial charge in [-0.25, -0.2) is 25.5 Å². The molecule has 0 aliphatic carbocycles. The summed E-state index contributed by atoms with van der Waals surface area (Å²) in [6.45, 7) is 4.18. The third-order valence-corrected chi connectivity index (χ3v) is 9.73. The molecular weight excluding hydrogens is 457 g/mol. The molecule has 0 N–H and O–H groups in total. The predicted octanol–water partition coefficient (Wildman–Crippen LogP) is 1.96. The first kappa shape index (κ1) is 22.7. The Kier molecular flexibility index (Phi) is 5.76. The molecule has 2 fully saturated rings. The third-order valence-electron chi connectivity index (χ3n) is 5.80. The van der Waals surface area contributed by atoms with Gasteiger partial charge in [0.15, 0.2) is 0 Å². The van der Waals surface area contributed by atoms with Crippen molar-refractivity contribution in [1.82, 2.24) is 4.31 Å². The topological polar surface area (TPSA) is 95.1 Å². The molecule has 172 valence electrons. The van der Waals surface area contributed by atoms with Gasteiger partial charge in [-0.05, 0) is 42.8 Å². The number of piperazine rings is 1. The molecule has 0 aromatic heterocycles. The SMILES string of the molecule is Cc1cc(N2C(=O)[C@@H](C)CS2(=O)=O)ccc1S(=O)(=O)N1CCN(c2ccccc2F)CC1. The first-order valence-electron chi connectivity index (χ1n) is 10.2. The van der Waals surface area contributed by atoms with E-state index in [4.69, 9.17) is 0 Å². The lowest BCUT2D eigenvalue weighted by atomic mass is 10.2. The highest BCUT2D eigenvalue weighted by atomic mass is 32.2. The van der Waals surface area contributed by atoms with Crippen molar-refractivity contribution in [3.05, 3.63) is 53.8 Å². The van der Waals surface area contributed by atoms with Gasteiger partial charge >= 0.3 is 0 Å². The van der Waals surface area contributed by atoms with E-state index in [0.717, 1.165) is 4.31 Å². The van der Waals surface area contributed by atoms with Crippen molar-refractivity contribution in [2.45, 2.75) is 18.7 Å². The number of para-hydroxylation sites is 1. The van der Waals surface area contributed by atoms with Gasteiger partial charge in [0.25, 0.3) is 0 Å². The van der Waals surface area contributed by atoms with Gasteiger partial charge in [-0.2, -0.15) is 4.31 Å². The van der Waals surface area contributed by atoms with Crippen LogP contribution in [0.2, 0.25) is 0 Å². The molecule has 0 bridgehead atoms. The largest absolute Gasteiger partial charge is 0.367 e. The van der Waals surface area contributed by atoms with E-state index >= 15 is 0 Å². The Bertz CT molecular complexity index is 1270. The molecule has 0 spiro atoms. The highest BCUT2D eigenvalue weighted by Gasteiger charge is 2.42. The molecule has 8 nitrogen and oxygen atoms in total. The van der Waals surface area contributed by atoms with Crippen molar-refractivity contribution in [3.8, 4) is 0 Å². The van der Waals surface area contributed by atoms with E-state index in [1.54, 1.807) is 32.0 Å². The smallest absolute Gasteiger partial charge is 0.244 e. The molecule has 2 saturated heterocycles. The van der Waals surface area contributed by atoms with Crippen LogP contribution in [0, 0.1) is 18.7 Å². The molecule has 0 saturated carbocycles. The van der Waals surface area contributed by atoms with Crippen molar-refractivity contribution in [2.24, 2.45) is 5.92 Å². The van der Waals surface area contributed by atoms with Crippen molar-refractivity contribution < 1.29 is 26.0 Å². The Balaban J connectivity index is 1.55. The quantitative estimate of drug-likeness (QED) is 0.663. The fourth-order valence-electron chi connectivity index (χ4n) is 4.15. The Labute approximate surface area is 187 Å². The molecular formula is C21H24FN3O5S2. The lowest BCUT2D eigenvalue weighted by Crippen LogP contribution is -2.49. The van der Waals surface area contributed by atoms with Crippen LogP contribution in [-0.4, -0.2) is 59.0 Å². The number of nitrogens with zero attached hydrogens (tertiary/aromatic N) is 3. The minimum Gasteiger partial charge on any atom is -0.367 e. The summed E-state index contributed by atoms with van der Waals surface area (Å²) in [6, 6.07) is 10.5. The first-order valence-corrected chi connectivity index (χ1v) is 13.2. The number of anilines is 2. The van der Waals surface area contributed by atoms with E-state index in [2.05, 4.69) is 0 Å². The van der Waals surface area contributed by atoms with E-state index < -0.39 is 31.9 Å². The molecule has 2 aliphatic heterocycles. The van der Waals surface area contributed by atoms with E-state index in [-0.39, 0.29) is 35.2 Å². The number of amides is 1. The number of carbonyl (C=O) groups is 1. The van der Waals surface area contributed by atoms with Crippen LogP contribution in [0.4, 0.5) is 15.8 Å². The summed E-state index contributed by atoms with van der Waals surface area (Å²) in [7, 11) is -7.61. The highest BCUT2D eigenvalue weighted by Crippen LogP contribution is 2.32. The molecule has 2 aliphatic rings. The zero-order chi connectivity index (χ0) is 23.3. The van der Waals surface area contributed by atoms with Crippen LogP contribution >= 0.6 is 0 Å². The predicted molar refractivity (Wildman–Crippen MR) is 119 cm³/mol. The van der Waals surface area contributed by atoms with Crippen LogP contribution < -0.4 is 9.21 Å². The second-order valence-corrected chi connectivity index (χ2v) is 11.8. The Morgan fingerprint density at radius 1 is 1.03 bits per heavy atom. The molecule has 2 aromatic rings. The molecule has 2 aromatic carbocycles. The number of halogens is 1. The molecule has 11 heteroatoms. The van der Waals surface area contributed by atoms with Gasteiger partial charge in [-0.3, -0.25) is 4.79 Å². The molecule has 0 unspecified atom stereocenters. The molecule has 4 rings (SSSR count). The second kappa shape index (κ2) is 8.13. The number of aryl methyl sites for hydroxylation is 1. The van der Waals surface area contributed by atoms with Crippen molar-refractivity contribution in [3.63, 3.8) is 0 Å². The standard InChI is InChI=1S/C21H24FN3O5S2/c1-15-13-17(25-21(26)16(2)14-31(25,27)28)7-8-20(15)32(29,30)24-11-9-23(10-12-24)19-6-4-3-5-18(19)22/h3-8,13,16H,9-12,14H2,1-2H3/t16-/m0/s1. The average molecular weight is 482 g/mol. The average Bonchev–Trinajstić information content (AvgIpc) is 2.94. The molecule has 1 atom stereocenters. The highest BCUT2D eigenvalue weighted by molar-refractivity contribution is 7.94.